The van der Waals surface area contributed by atoms with Gasteiger partial charge in [-0.25, -0.2) is 15.0 Å². The van der Waals surface area contributed by atoms with Gasteiger partial charge in [-0.2, -0.15) is 0 Å². The van der Waals surface area contributed by atoms with Crippen molar-refractivity contribution in [3.63, 3.8) is 0 Å². The van der Waals surface area contributed by atoms with Crippen LogP contribution >= 0.6 is 0 Å². The number of nitrogens with one attached hydrogen (secondary N) is 2. The zero-order valence-electron chi connectivity index (χ0n) is 16.1. The average molecular weight is 374 g/mol. The third-order valence-corrected chi connectivity index (χ3v) is 4.40. The molecule has 28 heavy (non-hydrogen) atoms. The number of nitrogens with zero attached hydrogens (tertiary/aromatic N) is 4. The van der Waals surface area contributed by atoms with Crippen molar-refractivity contribution in [3.8, 4) is 17.1 Å². The summed E-state index contributed by atoms with van der Waals surface area (Å²) >= 11 is 0. The molecule has 0 atom stereocenters. The van der Waals surface area contributed by atoms with Gasteiger partial charge in [0.05, 0.1) is 12.5 Å². The Morgan fingerprint density at radius 1 is 1.04 bits per heavy atom. The van der Waals surface area contributed by atoms with Crippen molar-refractivity contribution in [2.24, 2.45) is 0 Å². The molecule has 3 heterocycles. The Kier molecular flexibility index (Phi) is 4.90. The second-order valence-electron chi connectivity index (χ2n) is 6.81. The first kappa shape index (κ1) is 17.9. The van der Waals surface area contributed by atoms with E-state index < -0.39 is 0 Å². The predicted octanol–water partition coefficient (Wildman–Crippen LogP) is 3.83. The summed E-state index contributed by atoms with van der Waals surface area (Å²) in [5, 5.41) is 4.24. The van der Waals surface area contributed by atoms with E-state index in [0.717, 1.165) is 40.3 Å². The summed E-state index contributed by atoms with van der Waals surface area (Å²) in [7, 11) is 5.73. The third-order valence-electron chi connectivity index (χ3n) is 4.40. The second kappa shape index (κ2) is 7.66. The van der Waals surface area contributed by atoms with E-state index in [-0.39, 0.29) is 0 Å². The fourth-order valence-electron chi connectivity index (χ4n) is 3.09. The monoisotopic (exact) mass is 374 g/mol. The summed E-state index contributed by atoms with van der Waals surface area (Å²) < 4.78 is 5.18. The van der Waals surface area contributed by atoms with Crippen molar-refractivity contribution in [2.75, 3.05) is 26.5 Å². The van der Waals surface area contributed by atoms with Gasteiger partial charge < -0.3 is 19.9 Å². The molecule has 4 rings (SSSR count). The molecule has 0 unspecified atom stereocenters. The number of fused-ring (bicyclic) bond motifs is 1. The third kappa shape index (κ3) is 3.79. The van der Waals surface area contributed by atoms with E-state index in [0.29, 0.717) is 5.88 Å². The molecule has 0 radical (unpaired) electrons. The highest BCUT2D eigenvalue weighted by molar-refractivity contribution is 5.92. The van der Waals surface area contributed by atoms with Crippen molar-refractivity contribution < 1.29 is 4.74 Å². The highest BCUT2D eigenvalue weighted by Crippen LogP contribution is 2.29. The molecule has 0 saturated carbocycles. The van der Waals surface area contributed by atoms with Gasteiger partial charge >= 0.3 is 0 Å². The van der Waals surface area contributed by atoms with Gasteiger partial charge in [0.15, 0.2) is 0 Å². The summed E-state index contributed by atoms with van der Waals surface area (Å²) in [5.74, 6) is 1.27. The number of ether oxygens (including phenoxy) is 1. The largest absolute Gasteiger partial charge is 0.481 e. The standard InChI is InChI=1S/C21H22N6O/c1-27(2)12-14-4-6-15(7-5-14)18-11-17-20(23-13-24-21(17)26-18)25-16-8-9-22-19(10-16)28-3/h4-11,13H,12H2,1-3H3,(H2,22,23,24,25,26). The van der Waals surface area contributed by atoms with Crippen LogP contribution in [0, 0.1) is 0 Å². The van der Waals surface area contributed by atoms with Crippen LogP contribution in [-0.2, 0) is 6.54 Å². The molecule has 7 nitrogen and oxygen atoms in total. The Hall–Kier alpha value is -3.45. The van der Waals surface area contributed by atoms with Crippen LogP contribution in [0.25, 0.3) is 22.3 Å². The summed E-state index contributed by atoms with van der Waals surface area (Å²) in [6.45, 7) is 0.919. The van der Waals surface area contributed by atoms with E-state index in [1.807, 2.05) is 12.1 Å². The second-order valence-corrected chi connectivity index (χ2v) is 6.81. The van der Waals surface area contributed by atoms with Crippen molar-refractivity contribution >= 4 is 22.5 Å². The summed E-state index contributed by atoms with van der Waals surface area (Å²) in [6.07, 6.45) is 3.24. The van der Waals surface area contributed by atoms with Crippen molar-refractivity contribution in [1.29, 1.82) is 0 Å². The number of pyridine rings is 1. The minimum atomic E-state index is 0.544. The maximum Gasteiger partial charge on any atom is 0.214 e. The molecule has 0 aliphatic carbocycles. The molecule has 142 valence electrons. The number of methoxy groups -OCH3 is 1. The maximum atomic E-state index is 5.18. The molecule has 0 aliphatic heterocycles. The number of rotatable bonds is 6. The molecular weight excluding hydrogens is 352 g/mol. The van der Waals surface area contributed by atoms with Gasteiger partial charge in [-0.3, -0.25) is 0 Å². The number of aromatic amines is 1. The molecule has 0 spiro atoms. The molecule has 0 saturated heterocycles. The smallest absolute Gasteiger partial charge is 0.214 e. The Labute approximate surface area is 163 Å². The van der Waals surface area contributed by atoms with E-state index in [2.05, 4.69) is 74.6 Å². The number of hydrogen-bond acceptors (Lipinski definition) is 6. The molecule has 0 bridgehead atoms. The quantitative estimate of drug-likeness (QED) is 0.534. The molecule has 0 amide bonds. The predicted molar refractivity (Wildman–Crippen MR) is 111 cm³/mol. The summed E-state index contributed by atoms with van der Waals surface area (Å²) in [5.41, 5.74) is 5.02. The van der Waals surface area contributed by atoms with Gasteiger partial charge in [-0.1, -0.05) is 24.3 Å². The zero-order valence-corrected chi connectivity index (χ0v) is 16.1. The fraction of sp³-hybridized carbons (Fsp3) is 0.190. The Bertz CT molecular complexity index is 1090. The van der Waals surface area contributed by atoms with E-state index in [4.69, 9.17) is 4.74 Å². The van der Waals surface area contributed by atoms with E-state index in [1.165, 1.54) is 5.56 Å². The number of H-pyrrole nitrogens is 1. The van der Waals surface area contributed by atoms with Crippen molar-refractivity contribution in [2.45, 2.75) is 6.54 Å². The molecule has 2 N–H and O–H groups in total. The maximum absolute atomic E-state index is 5.18. The van der Waals surface area contributed by atoms with Crippen LogP contribution in [0.5, 0.6) is 5.88 Å². The van der Waals surface area contributed by atoms with Gasteiger partial charge in [0, 0.05) is 30.2 Å². The topological polar surface area (TPSA) is 79.0 Å². The van der Waals surface area contributed by atoms with Crippen LogP contribution in [0.3, 0.4) is 0 Å². The minimum absolute atomic E-state index is 0.544. The van der Waals surface area contributed by atoms with E-state index in [1.54, 1.807) is 19.6 Å². The van der Waals surface area contributed by atoms with Crippen LogP contribution in [0.1, 0.15) is 5.56 Å². The zero-order chi connectivity index (χ0) is 19.5. The lowest BCUT2D eigenvalue weighted by Crippen LogP contribution is -2.10. The van der Waals surface area contributed by atoms with Crippen LogP contribution in [0.4, 0.5) is 11.5 Å². The van der Waals surface area contributed by atoms with Crippen molar-refractivity contribution in [3.05, 3.63) is 60.6 Å². The Morgan fingerprint density at radius 2 is 1.86 bits per heavy atom. The highest BCUT2D eigenvalue weighted by atomic mass is 16.5. The molecule has 0 aliphatic rings. The summed E-state index contributed by atoms with van der Waals surface area (Å²) in [4.78, 5) is 18.4. The lowest BCUT2D eigenvalue weighted by atomic mass is 10.1. The molecule has 3 aromatic heterocycles. The first-order valence-corrected chi connectivity index (χ1v) is 8.97. The van der Waals surface area contributed by atoms with Crippen molar-refractivity contribution in [1.82, 2.24) is 24.8 Å². The SMILES string of the molecule is COc1cc(Nc2ncnc3[nH]c(-c4ccc(CN(C)C)cc4)cc23)ccn1. The minimum Gasteiger partial charge on any atom is -0.481 e. The van der Waals surface area contributed by atoms with Crippen LogP contribution in [0.2, 0.25) is 0 Å². The van der Waals surface area contributed by atoms with Crippen LogP contribution in [0.15, 0.2) is 55.0 Å². The molecule has 1 aromatic carbocycles. The van der Waals surface area contributed by atoms with Gasteiger partial charge in [0.2, 0.25) is 5.88 Å². The number of aromatic nitrogens is 4. The first-order chi connectivity index (χ1) is 13.6. The van der Waals surface area contributed by atoms with Gasteiger partial charge in [-0.05, 0) is 37.4 Å². The van der Waals surface area contributed by atoms with E-state index in [9.17, 15) is 0 Å². The Balaban J connectivity index is 1.65. The average Bonchev–Trinajstić information content (AvgIpc) is 3.14. The van der Waals surface area contributed by atoms with Crippen LogP contribution in [-0.4, -0.2) is 46.0 Å². The van der Waals surface area contributed by atoms with Crippen LogP contribution < -0.4 is 10.1 Å². The highest BCUT2D eigenvalue weighted by Gasteiger charge is 2.10. The first-order valence-electron chi connectivity index (χ1n) is 8.97. The molecular formula is C21H22N6O. The van der Waals surface area contributed by atoms with Gasteiger partial charge in [-0.15, -0.1) is 0 Å². The lowest BCUT2D eigenvalue weighted by Gasteiger charge is -2.09. The number of hydrogen-bond donors (Lipinski definition) is 2. The lowest BCUT2D eigenvalue weighted by molar-refractivity contribution is 0.398. The molecule has 4 aromatic rings. The fourth-order valence-corrected chi connectivity index (χ4v) is 3.09. The summed E-state index contributed by atoms with van der Waals surface area (Å²) in [6, 6.07) is 14.3. The van der Waals surface area contributed by atoms with E-state index >= 15 is 0 Å². The molecule has 7 heteroatoms. The van der Waals surface area contributed by atoms with Gasteiger partial charge in [0.1, 0.15) is 17.8 Å². The number of benzene rings is 1. The number of anilines is 2. The van der Waals surface area contributed by atoms with Gasteiger partial charge in [0.25, 0.3) is 0 Å². The Morgan fingerprint density at radius 3 is 2.61 bits per heavy atom. The molecule has 0 fully saturated rings. The normalized spacial score (nSPS) is 11.1.